The van der Waals surface area contributed by atoms with Crippen molar-refractivity contribution in [1.29, 1.82) is 0 Å². The maximum Gasteiger partial charge on any atom is 0.337 e. The minimum absolute atomic E-state index is 0.0140. The number of thioether (sulfide) groups is 1. The highest BCUT2D eigenvalue weighted by atomic mass is 35.5. The second-order valence-corrected chi connectivity index (χ2v) is 8.49. The molecular weight excluding hydrogens is 459 g/mol. The Bertz CT molecular complexity index is 1280. The minimum Gasteiger partial charge on any atom is -0.478 e. The molecule has 1 amide bonds. The van der Waals surface area contributed by atoms with Gasteiger partial charge >= 0.3 is 5.97 Å². The van der Waals surface area contributed by atoms with E-state index in [-0.39, 0.29) is 16.5 Å². The number of carbonyl (C=O) groups excluding carboxylic acids is 1. The third kappa shape index (κ3) is 4.69. The third-order valence-electron chi connectivity index (χ3n) is 4.43. The molecule has 31 heavy (non-hydrogen) atoms. The Kier molecular flexibility index (Phi) is 5.91. The van der Waals surface area contributed by atoms with Gasteiger partial charge in [-0.05, 0) is 60.6 Å². The highest BCUT2D eigenvalue weighted by Gasteiger charge is 2.24. The van der Waals surface area contributed by atoms with Crippen molar-refractivity contribution in [3.05, 3.63) is 80.4 Å². The Morgan fingerprint density at radius 1 is 1.16 bits per heavy atom. The molecule has 9 heteroatoms. The van der Waals surface area contributed by atoms with Gasteiger partial charge in [0.15, 0.2) is 5.17 Å². The van der Waals surface area contributed by atoms with Gasteiger partial charge in [-0.15, -0.1) is 0 Å². The van der Waals surface area contributed by atoms with Crippen molar-refractivity contribution in [2.45, 2.75) is 6.92 Å². The molecule has 1 aliphatic heterocycles. The molecule has 0 bridgehead atoms. The molecule has 4 rings (SSSR count). The molecule has 3 aromatic rings. The van der Waals surface area contributed by atoms with Gasteiger partial charge in [-0.3, -0.25) is 4.79 Å². The standard InChI is InChI=1S/C22H14Cl2N2O4S/c1-11-2-4-13(23)9-17(11)25-22-26-20(27)19(31-22)10-14-5-7-18(30-14)12-3-6-15(21(28)29)16(24)8-12/h2-10H,1H3,(H,28,29)(H,25,26,27)/b19-10-. The molecule has 156 valence electrons. The van der Waals surface area contributed by atoms with Crippen LogP contribution in [0.3, 0.4) is 0 Å². The van der Waals surface area contributed by atoms with Crippen molar-refractivity contribution in [2.75, 3.05) is 0 Å². The number of carboxylic acid groups (broad SMARTS) is 1. The van der Waals surface area contributed by atoms with Crippen molar-refractivity contribution in [3.63, 3.8) is 0 Å². The molecule has 2 aromatic carbocycles. The first kappa shape index (κ1) is 21.2. The number of rotatable bonds is 4. The number of nitrogens with one attached hydrogen (secondary N) is 1. The Morgan fingerprint density at radius 2 is 1.97 bits per heavy atom. The van der Waals surface area contributed by atoms with E-state index in [1.807, 2.05) is 13.0 Å². The second kappa shape index (κ2) is 8.63. The van der Waals surface area contributed by atoms with Gasteiger partial charge in [-0.25, -0.2) is 9.79 Å². The van der Waals surface area contributed by atoms with E-state index in [1.54, 1.807) is 36.4 Å². The molecule has 1 fully saturated rings. The number of aliphatic imine (C=N–C) groups is 1. The summed E-state index contributed by atoms with van der Waals surface area (Å²) in [6.07, 6.45) is 1.62. The van der Waals surface area contributed by atoms with Crippen LogP contribution < -0.4 is 5.32 Å². The van der Waals surface area contributed by atoms with Crippen LogP contribution in [-0.2, 0) is 4.79 Å². The summed E-state index contributed by atoms with van der Waals surface area (Å²) in [4.78, 5) is 28.3. The van der Waals surface area contributed by atoms with Crippen LogP contribution >= 0.6 is 35.0 Å². The summed E-state index contributed by atoms with van der Waals surface area (Å²) in [7, 11) is 0. The average molecular weight is 473 g/mol. The van der Waals surface area contributed by atoms with Gasteiger partial charge in [0.2, 0.25) is 0 Å². The molecule has 1 aromatic heterocycles. The van der Waals surface area contributed by atoms with Gasteiger partial charge in [-0.2, -0.15) is 0 Å². The van der Waals surface area contributed by atoms with Crippen molar-refractivity contribution < 1.29 is 19.1 Å². The molecule has 1 saturated heterocycles. The van der Waals surface area contributed by atoms with Crippen LogP contribution in [0.15, 0.2) is 62.8 Å². The Morgan fingerprint density at radius 3 is 2.71 bits per heavy atom. The number of carbonyl (C=O) groups is 2. The fourth-order valence-corrected chi connectivity index (χ4v) is 4.09. The van der Waals surface area contributed by atoms with Crippen molar-refractivity contribution >= 4 is 63.8 Å². The van der Waals surface area contributed by atoms with Crippen molar-refractivity contribution in [3.8, 4) is 11.3 Å². The van der Waals surface area contributed by atoms with Gasteiger partial charge in [0.05, 0.1) is 21.2 Å². The topological polar surface area (TPSA) is 91.9 Å². The summed E-state index contributed by atoms with van der Waals surface area (Å²) in [5, 5.41) is 12.9. The molecule has 2 N–H and O–H groups in total. The largest absolute Gasteiger partial charge is 0.478 e. The fraction of sp³-hybridized carbons (Fsp3) is 0.0455. The van der Waals surface area contributed by atoms with Crippen LogP contribution in [0.2, 0.25) is 10.0 Å². The predicted octanol–water partition coefficient (Wildman–Crippen LogP) is 6.15. The third-order valence-corrected chi connectivity index (χ3v) is 5.89. The summed E-state index contributed by atoms with van der Waals surface area (Å²) in [6.45, 7) is 1.91. The van der Waals surface area contributed by atoms with E-state index in [0.717, 1.165) is 5.56 Å². The summed E-state index contributed by atoms with van der Waals surface area (Å²) in [5.74, 6) is -0.421. The first-order chi connectivity index (χ1) is 14.8. The van der Waals surface area contributed by atoms with Crippen LogP contribution in [0, 0.1) is 6.92 Å². The Labute approximate surface area is 191 Å². The fourth-order valence-electron chi connectivity index (χ4n) is 2.85. The zero-order valence-corrected chi connectivity index (χ0v) is 18.3. The molecule has 0 saturated carbocycles. The van der Waals surface area contributed by atoms with Crippen LogP contribution in [0.5, 0.6) is 0 Å². The van der Waals surface area contributed by atoms with E-state index >= 15 is 0 Å². The number of aromatic carboxylic acids is 1. The lowest BCUT2D eigenvalue weighted by molar-refractivity contribution is -0.115. The first-order valence-electron chi connectivity index (χ1n) is 8.99. The van der Waals surface area contributed by atoms with E-state index in [4.69, 9.17) is 32.7 Å². The minimum atomic E-state index is -1.10. The van der Waals surface area contributed by atoms with Crippen LogP contribution in [0.25, 0.3) is 17.4 Å². The molecule has 0 spiro atoms. The maximum absolute atomic E-state index is 12.3. The molecule has 6 nitrogen and oxygen atoms in total. The van der Waals surface area contributed by atoms with Gasteiger partial charge in [-0.1, -0.05) is 35.3 Å². The lowest BCUT2D eigenvalue weighted by Crippen LogP contribution is -2.19. The van der Waals surface area contributed by atoms with Gasteiger partial charge < -0.3 is 14.8 Å². The predicted molar refractivity (Wildman–Crippen MR) is 123 cm³/mol. The normalized spacial score (nSPS) is 16.2. The number of amides is 1. The van der Waals surface area contributed by atoms with Crippen LogP contribution in [-0.4, -0.2) is 22.2 Å². The molecule has 0 unspecified atom stereocenters. The van der Waals surface area contributed by atoms with Gasteiger partial charge in [0.25, 0.3) is 5.91 Å². The molecule has 0 radical (unpaired) electrons. The lowest BCUT2D eigenvalue weighted by Gasteiger charge is -2.01. The highest BCUT2D eigenvalue weighted by Crippen LogP contribution is 2.32. The quantitative estimate of drug-likeness (QED) is 0.444. The number of halogens is 2. The number of aryl methyl sites for hydroxylation is 1. The van der Waals surface area contributed by atoms with Gasteiger partial charge in [0, 0.05) is 16.7 Å². The number of hydrogen-bond donors (Lipinski definition) is 2. The second-order valence-electron chi connectivity index (χ2n) is 6.61. The Balaban J connectivity index is 1.56. The molecule has 2 heterocycles. The van der Waals surface area contributed by atoms with Crippen molar-refractivity contribution in [2.24, 2.45) is 4.99 Å². The van der Waals surface area contributed by atoms with Crippen LogP contribution in [0.4, 0.5) is 5.69 Å². The summed E-state index contributed by atoms with van der Waals surface area (Å²) < 4.78 is 5.79. The average Bonchev–Trinajstić information content (AvgIpc) is 3.31. The monoisotopic (exact) mass is 472 g/mol. The number of nitrogens with zero attached hydrogens (tertiary/aromatic N) is 1. The zero-order valence-electron chi connectivity index (χ0n) is 16.0. The van der Waals surface area contributed by atoms with E-state index < -0.39 is 5.97 Å². The molecule has 0 atom stereocenters. The summed E-state index contributed by atoms with van der Waals surface area (Å²) in [5.41, 5.74) is 2.26. The summed E-state index contributed by atoms with van der Waals surface area (Å²) in [6, 6.07) is 13.4. The first-order valence-corrected chi connectivity index (χ1v) is 10.6. The smallest absolute Gasteiger partial charge is 0.337 e. The number of amidine groups is 1. The zero-order chi connectivity index (χ0) is 22.1. The number of hydrogen-bond acceptors (Lipinski definition) is 5. The van der Waals surface area contributed by atoms with E-state index in [9.17, 15) is 9.59 Å². The molecular formula is C22H14Cl2N2O4S. The van der Waals surface area contributed by atoms with Gasteiger partial charge in [0.1, 0.15) is 11.5 Å². The Hall–Kier alpha value is -3.00. The molecule has 1 aliphatic rings. The van der Waals surface area contributed by atoms with E-state index in [2.05, 4.69) is 10.3 Å². The number of benzene rings is 2. The number of furan rings is 1. The van der Waals surface area contributed by atoms with E-state index in [0.29, 0.717) is 37.9 Å². The lowest BCUT2D eigenvalue weighted by atomic mass is 10.1. The van der Waals surface area contributed by atoms with Crippen molar-refractivity contribution in [1.82, 2.24) is 5.32 Å². The van der Waals surface area contributed by atoms with Crippen LogP contribution in [0.1, 0.15) is 21.7 Å². The molecule has 0 aliphatic carbocycles. The SMILES string of the molecule is Cc1ccc(Cl)cc1N=C1NC(=O)/C(=C/c2ccc(-c3ccc(C(=O)O)c(Cl)c3)o2)S1. The van der Waals surface area contributed by atoms with E-state index in [1.165, 1.54) is 23.9 Å². The highest BCUT2D eigenvalue weighted by molar-refractivity contribution is 8.18. The summed E-state index contributed by atoms with van der Waals surface area (Å²) >= 11 is 13.3. The number of carboxylic acids is 1. The maximum atomic E-state index is 12.3.